The van der Waals surface area contributed by atoms with E-state index in [9.17, 15) is 0 Å². The van der Waals surface area contributed by atoms with E-state index in [1.807, 2.05) is 18.3 Å². The predicted octanol–water partition coefficient (Wildman–Crippen LogP) is 4.38. The van der Waals surface area contributed by atoms with Crippen LogP contribution in [0.2, 0.25) is 0 Å². The fourth-order valence-electron chi connectivity index (χ4n) is 3.42. The minimum absolute atomic E-state index is 0.729. The van der Waals surface area contributed by atoms with Crippen molar-refractivity contribution in [1.29, 1.82) is 0 Å². The molecule has 1 aliphatic rings. The third-order valence-electron chi connectivity index (χ3n) is 4.78. The Morgan fingerprint density at radius 3 is 2.88 bits per heavy atom. The molecule has 26 heavy (non-hydrogen) atoms. The lowest BCUT2D eigenvalue weighted by Gasteiger charge is -2.17. The molecule has 3 N–H and O–H groups in total. The zero-order valence-corrected chi connectivity index (χ0v) is 14.8. The summed E-state index contributed by atoms with van der Waals surface area (Å²) < 4.78 is 0. The van der Waals surface area contributed by atoms with Gasteiger partial charge in [0.1, 0.15) is 5.69 Å². The molecule has 3 aromatic rings. The van der Waals surface area contributed by atoms with E-state index in [1.54, 1.807) is 12.4 Å². The van der Waals surface area contributed by atoms with Gasteiger partial charge in [-0.1, -0.05) is 24.8 Å². The van der Waals surface area contributed by atoms with Gasteiger partial charge in [0.25, 0.3) is 0 Å². The Bertz CT molecular complexity index is 898. The van der Waals surface area contributed by atoms with E-state index < -0.39 is 0 Å². The number of H-pyrrole nitrogens is 1. The van der Waals surface area contributed by atoms with E-state index >= 15 is 0 Å². The molecule has 1 aliphatic carbocycles. The summed E-state index contributed by atoms with van der Waals surface area (Å²) in [5.74, 6) is 0. The van der Waals surface area contributed by atoms with Crippen molar-refractivity contribution in [3.05, 3.63) is 77.9 Å². The highest BCUT2D eigenvalue weighted by Gasteiger charge is 2.12. The highest BCUT2D eigenvalue weighted by molar-refractivity contribution is 5.79. The number of benzene rings is 1. The molecule has 4 rings (SSSR count). The molecule has 0 fully saturated rings. The lowest BCUT2D eigenvalue weighted by atomic mass is 9.90. The van der Waals surface area contributed by atoms with Gasteiger partial charge in [-0.25, -0.2) is 0 Å². The molecule has 0 saturated heterocycles. The summed E-state index contributed by atoms with van der Waals surface area (Å²) in [7, 11) is 0. The average molecular weight is 345 g/mol. The van der Waals surface area contributed by atoms with Crippen LogP contribution >= 0.6 is 0 Å². The standard InChI is InChI=1S/C21H23N5/c1-15(25-19-7-4-10-22-13-19)21-20(14-24-26-21)23-12-16-8-9-17-5-2-3-6-18(17)11-16/h4,7-11,13-14,23,25H,1-3,5-6,12H2,(H,24,26). The number of rotatable bonds is 6. The molecule has 2 heterocycles. The highest BCUT2D eigenvalue weighted by Crippen LogP contribution is 2.24. The first kappa shape index (κ1) is 16.4. The largest absolute Gasteiger partial charge is 0.378 e. The second-order valence-electron chi connectivity index (χ2n) is 6.66. The second kappa shape index (κ2) is 7.44. The molecule has 2 aromatic heterocycles. The Morgan fingerprint density at radius 1 is 1.15 bits per heavy atom. The summed E-state index contributed by atoms with van der Waals surface area (Å²) in [5.41, 5.74) is 7.65. The van der Waals surface area contributed by atoms with Crippen molar-refractivity contribution in [2.75, 3.05) is 10.6 Å². The number of nitrogens with zero attached hydrogens (tertiary/aromatic N) is 2. The number of nitrogens with one attached hydrogen (secondary N) is 3. The first-order valence-electron chi connectivity index (χ1n) is 9.04. The van der Waals surface area contributed by atoms with Crippen LogP contribution in [0.4, 0.5) is 11.4 Å². The maximum atomic E-state index is 4.32. The van der Waals surface area contributed by atoms with E-state index in [4.69, 9.17) is 0 Å². The van der Waals surface area contributed by atoms with Crippen LogP contribution in [0.1, 0.15) is 35.2 Å². The lowest BCUT2D eigenvalue weighted by molar-refractivity contribution is 0.684. The van der Waals surface area contributed by atoms with E-state index in [2.05, 4.69) is 50.6 Å². The number of aromatic nitrogens is 3. The Labute approximate surface area is 153 Å². The number of hydrogen-bond acceptors (Lipinski definition) is 4. The summed E-state index contributed by atoms with van der Waals surface area (Å²) in [6, 6.07) is 10.7. The van der Waals surface area contributed by atoms with Gasteiger partial charge in [-0.05, 0) is 54.5 Å². The number of fused-ring (bicyclic) bond motifs is 1. The molecule has 0 amide bonds. The van der Waals surface area contributed by atoms with Crippen LogP contribution in [0.25, 0.3) is 5.70 Å². The predicted molar refractivity (Wildman–Crippen MR) is 106 cm³/mol. The van der Waals surface area contributed by atoms with Crippen LogP contribution in [0.5, 0.6) is 0 Å². The number of aryl methyl sites for hydroxylation is 2. The fraction of sp³-hybridized carbons (Fsp3) is 0.238. The SMILES string of the molecule is C=C(Nc1cccnc1)c1n[nH]cc1NCc1ccc2c(c1)CCCC2. The van der Waals surface area contributed by atoms with Gasteiger partial charge in [0, 0.05) is 18.9 Å². The molecule has 0 atom stereocenters. The molecule has 0 spiro atoms. The summed E-state index contributed by atoms with van der Waals surface area (Å²) >= 11 is 0. The zero-order valence-electron chi connectivity index (χ0n) is 14.8. The smallest absolute Gasteiger partial charge is 0.131 e. The van der Waals surface area contributed by atoms with Crippen molar-refractivity contribution in [2.24, 2.45) is 0 Å². The Hall–Kier alpha value is -3.08. The molecule has 5 heteroatoms. The molecular formula is C21H23N5. The van der Waals surface area contributed by atoms with Gasteiger partial charge in [0.2, 0.25) is 0 Å². The molecule has 1 aromatic carbocycles. The van der Waals surface area contributed by atoms with Gasteiger partial charge in [0.15, 0.2) is 0 Å². The zero-order chi connectivity index (χ0) is 17.8. The molecule has 5 nitrogen and oxygen atoms in total. The molecule has 0 aliphatic heterocycles. The Morgan fingerprint density at radius 2 is 2.04 bits per heavy atom. The molecular weight excluding hydrogens is 322 g/mol. The normalized spacial score (nSPS) is 13.1. The summed E-state index contributed by atoms with van der Waals surface area (Å²) in [6.07, 6.45) is 10.4. The summed E-state index contributed by atoms with van der Waals surface area (Å²) in [6.45, 7) is 4.87. The summed E-state index contributed by atoms with van der Waals surface area (Å²) in [5, 5.41) is 14.0. The van der Waals surface area contributed by atoms with Crippen molar-refractivity contribution >= 4 is 17.1 Å². The van der Waals surface area contributed by atoms with Crippen molar-refractivity contribution in [1.82, 2.24) is 15.2 Å². The van der Waals surface area contributed by atoms with Gasteiger partial charge in [0.05, 0.1) is 23.3 Å². The van der Waals surface area contributed by atoms with Crippen LogP contribution in [0, 0.1) is 0 Å². The fourth-order valence-corrected chi connectivity index (χ4v) is 3.42. The number of hydrogen-bond donors (Lipinski definition) is 3. The molecule has 0 radical (unpaired) electrons. The monoisotopic (exact) mass is 345 g/mol. The van der Waals surface area contributed by atoms with Gasteiger partial charge < -0.3 is 10.6 Å². The third kappa shape index (κ3) is 3.61. The number of anilines is 2. The molecule has 132 valence electrons. The van der Waals surface area contributed by atoms with Gasteiger partial charge in [-0.15, -0.1) is 0 Å². The average Bonchev–Trinajstić information content (AvgIpc) is 3.16. The van der Waals surface area contributed by atoms with E-state index in [1.165, 1.54) is 42.4 Å². The van der Waals surface area contributed by atoms with Gasteiger partial charge >= 0.3 is 0 Å². The second-order valence-corrected chi connectivity index (χ2v) is 6.66. The van der Waals surface area contributed by atoms with Crippen molar-refractivity contribution < 1.29 is 0 Å². The molecule has 0 saturated carbocycles. The third-order valence-corrected chi connectivity index (χ3v) is 4.78. The van der Waals surface area contributed by atoms with E-state index in [0.717, 1.165) is 29.3 Å². The maximum absolute atomic E-state index is 4.32. The van der Waals surface area contributed by atoms with Crippen LogP contribution < -0.4 is 10.6 Å². The van der Waals surface area contributed by atoms with Gasteiger partial charge in [-0.3, -0.25) is 10.1 Å². The van der Waals surface area contributed by atoms with Crippen molar-refractivity contribution in [3.63, 3.8) is 0 Å². The Balaban J connectivity index is 1.43. The molecule has 0 unspecified atom stereocenters. The number of aromatic amines is 1. The van der Waals surface area contributed by atoms with Crippen LogP contribution in [0.3, 0.4) is 0 Å². The maximum Gasteiger partial charge on any atom is 0.131 e. The highest BCUT2D eigenvalue weighted by atomic mass is 15.2. The minimum atomic E-state index is 0.729. The van der Waals surface area contributed by atoms with Crippen molar-refractivity contribution in [3.8, 4) is 0 Å². The van der Waals surface area contributed by atoms with E-state index in [-0.39, 0.29) is 0 Å². The van der Waals surface area contributed by atoms with Crippen molar-refractivity contribution in [2.45, 2.75) is 32.2 Å². The van der Waals surface area contributed by atoms with Crippen LogP contribution in [-0.4, -0.2) is 15.2 Å². The first-order chi connectivity index (χ1) is 12.8. The lowest BCUT2D eigenvalue weighted by Crippen LogP contribution is -2.07. The van der Waals surface area contributed by atoms with Gasteiger partial charge in [-0.2, -0.15) is 5.10 Å². The molecule has 0 bridgehead atoms. The van der Waals surface area contributed by atoms with Crippen LogP contribution in [0.15, 0.2) is 55.5 Å². The Kier molecular flexibility index (Phi) is 4.69. The minimum Gasteiger partial charge on any atom is -0.378 e. The topological polar surface area (TPSA) is 65.6 Å². The van der Waals surface area contributed by atoms with Crippen LogP contribution in [-0.2, 0) is 19.4 Å². The number of pyridine rings is 1. The first-order valence-corrected chi connectivity index (χ1v) is 9.04. The summed E-state index contributed by atoms with van der Waals surface area (Å²) in [4.78, 5) is 4.11. The quantitative estimate of drug-likeness (QED) is 0.620. The van der Waals surface area contributed by atoms with E-state index in [0.29, 0.717) is 0 Å².